The second-order valence-electron chi connectivity index (χ2n) is 7.20. The van der Waals surface area contributed by atoms with Crippen LogP contribution in [-0.2, 0) is 17.8 Å². The standard InChI is InChI=1S/C19H27N3O3/c23-17(24)19(8-3-4-9-19)14-21-18(25)20-10-12-22-11-7-15-5-1-2-6-16(15)13-22/h1-2,5-6H,3-4,7-14H2,(H,23,24)(H2,20,21,25). The van der Waals surface area contributed by atoms with E-state index in [1.54, 1.807) is 0 Å². The highest BCUT2D eigenvalue weighted by molar-refractivity contribution is 5.78. The topological polar surface area (TPSA) is 81.7 Å². The molecule has 0 unspecified atom stereocenters. The molecular formula is C19H27N3O3. The molecule has 1 fully saturated rings. The fourth-order valence-corrected chi connectivity index (χ4v) is 3.90. The van der Waals surface area contributed by atoms with Crippen LogP contribution in [0, 0.1) is 5.41 Å². The lowest BCUT2D eigenvalue weighted by Gasteiger charge is -2.28. The van der Waals surface area contributed by atoms with Crippen molar-refractivity contribution < 1.29 is 14.7 Å². The second-order valence-corrected chi connectivity index (χ2v) is 7.20. The van der Waals surface area contributed by atoms with Crippen LogP contribution in [0.25, 0.3) is 0 Å². The summed E-state index contributed by atoms with van der Waals surface area (Å²) in [6.45, 7) is 3.50. The molecule has 1 aliphatic carbocycles. The maximum Gasteiger partial charge on any atom is 0.314 e. The van der Waals surface area contributed by atoms with Crippen LogP contribution >= 0.6 is 0 Å². The summed E-state index contributed by atoms with van der Waals surface area (Å²) in [6.07, 6.45) is 4.19. The van der Waals surface area contributed by atoms with Crippen molar-refractivity contribution >= 4 is 12.0 Å². The number of nitrogens with zero attached hydrogens (tertiary/aromatic N) is 1. The van der Waals surface area contributed by atoms with Gasteiger partial charge in [-0.3, -0.25) is 9.69 Å². The smallest absolute Gasteiger partial charge is 0.314 e. The average Bonchev–Trinajstić information content (AvgIpc) is 3.10. The van der Waals surface area contributed by atoms with Gasteiger partial charge >= 0.3 is 12.0 Å². The van der Waals surface area contributed by atoms with E-state index in [4.69, 9.17) is 0 Å². The van der Waals surface area contributed by atoms with Crippen molar-refractivity contribution in [2.75, 3.05) is 26.2 Å². The zero-order valence-electron chi connectivity index (χ0n) is 14.6. The van der Waals surface area contributed by atoms with Crippen LogP contribution in [0.3, 0.4) is 0 Å². The Labute approximate surface area is 148 Å². The fourth-order valence-electron chi connectivity index (χ4n) is 3.90. The first-order valence-corrected chi connectivity index (χ1v) is 9.13. The van der Waals surface area contributed by atoms with E-state index in [9.17, 15) is 14.7 Å². The summed E-state index contributed by atoms with van der Waals surface area (Å²) < 4.78 is 0. The summed E-state index contributed by atoms with van der Waals surface area (Å²) in [4.78, 5) is 25.8. The summed E-state index contributed by atoms with van der Waals surface area (Å²) in [7, 11) is 0. The van der Waals surface area contributed by atoms with E-state index in [1.807, 2.05) is 0 Å². The van der Waals surface area contributed by atoms with E-state index in [1.165, 1.54) is 11.1 Å². The molecule has 1 aromatic carbocycles. The van der Waals surface area contributed by atoms with Gasteiger partial charge < -0.3 is 15.7 Å². The predicted molar refractivity (Wildman–Crippen MR) is 95.4 cm³/mol. The van der Waals surface area contributed by atoms with Crippen LogP contribution < -0.4 is 10.6 Å². The van der Waals surface area contributed by atoms with Crippen molar-refractivity contribution in [3.63, 3.8) is 0 Å². The molecule has 0 radical (unpaired) electrons. The largest absolute Gasteiger partial charge is 0.481 e. The van der Waals surface area contributed by atoms with Gasteiger partial charge in [-0.1, -0.05) is 37.1 Å². The molecule has 136 valence electrons. The summed E-state index contributed by atoms with van der Waals surface area (Å²) in [6, 6.07) is 8.21. The number of hydrogen-bond acceptors (Lipinski definition) is 3. The van der Waals surface area contributed by atoms with Crippen LogP contribution in [0.1, 0.15) is 36.8 Å². The van der Waals surface area contributed by atoms with Gasteiger partial charge in [0.1, 0.15) is 0 Å². The first-order chi connectivity index (χ1) is 12.1. The molecule has 0 aromatic heterocycles. The van der Waals surface area contributed by atoms with Gasteiger partial charge in [-0.15, -0.1) is 0 Å². The van der Waals surface area contributed by atoms with E-state index in [2.05, 4.69) is 39.8 Å². The number of hydrogen-bond donors (Lipinski definition) is 3. The van der Waals surface area contributed by atoms with Crippen LogP contribution in [0.2, 0.25) is 0 Å². The number of nitrogens with one attached hydrogen (secondary N) is 2. The Hall–Kier alpha value is -2.08. The van der Waals surface area contributed by atoms with Crippen molar-refractivity contribution in [1.82, 2.24) is 15.5 Å². The molecule has 1 aliphatic heterocycles. The minimum Gasteiger partial charge on any atom is -0.481 e. The number of carboxylic acid groups (broad SMARTS) is 1. The zero-order valence-corrected chi connectivity index (χ0v) is 14.6. The Balaban J connectivity index is 1.38. The Morgan fingerprint density at radius 1 is 1.12 bits per heavy atom. The van der Waals surface area contributed by atoms with E-state index in [-0.39, 0.29) is 12.6 Å². The van der Waals surface area contributed by atoms with E-state index < -0.39 is 11.4 Å². The zero-order chi connectivity index (χ0) is 17.7. The number of carboxylic acids is 1. The SMILES string of the molecule is O=C(NCCN1CCc2ccccc2C1)NCC1(C(=O)O)CCCC1. The van der Waals surface area contributed by atoms with Crippen LogP contribution in [0.5, 0.6) is 0 Å². The molecule has 1 saturated carbocycles. The third-order valence-electron chi connectivity index (χ3n) is 5.52. The molecule has 25 heavy (non-hydrogen) atoms. The fraction of sp³-hybridized carbons (Fsp3) is 0.579. The normalized spacial score (nSPS) is 19.2. The predicted octanol–water partition coefficient (Wildman–Crippen LogP) is 1.99. The highest BCUT2D eigenvalue weighted by Crippen LogP contribution is 2.37. The molecule has 3 rings (SSSR count). The second kappa shape index (κ2) is 7.87. The summed E-state index contributed by atoms with van der Waals surface area (Å²) in [5.74, 6) is -0.794. The van der Waals surface area contributed by atoms with Crippen LogP contribution in [0.15, 0.2) is 24.3 Å². The van der Waals surface area contributed by atoms with Gasteiger partial charge in [-0.2, -0.15) is 0 Å². The van der Waals surface area contributed by atoms with Gasteiger partial charge in [0.2, 0.25) is 0 Å². The van der Waals surface area contributed by atoms with Crippen LogP contribution in [-0.4, -0.2) is 48.2 Å². The lowest BCUT2D eigenvalue weighted by molar-refractivity contribution is -0.148. The Kier molecular flexibility index (Phi) is 5.58. The molecule has 3 N–H and O–H groups in total. The molecule has 0 spiro atoms. The molecule has 6 heteroatoms. The quantitative estimate of drug-likeness (QED) is 0.736. The molecule has 6 nitrogen and oxygen atoms in total. The maximum absolute atomic E-state index is 12.0. The Morgan fingerprint density at radius 2 is 1.84 bits per heavy atom. The first-order valence-electron chi connectivity index (χ1n) is 9.13. The van der Waals surface area contributed by atoms with Gasteiger partial charge in [0.15, 0.2) is 0 Å². The molecular weight excluding hydrogens is 318 g/mol. The van der Waals surface area contributed by atoms with Crippen molar-refractivity contribution in [1.29, 1.82) is 0 Å². The minimum atomic E-state index is -0.794. The highest BCUT2D eigenvalue weighted by atomic mass is 16.4. The van der Waals surface area contributed by atoms with E-state index in [0.29, 0.717) is 19.4 Å². The lowest BCUT2D eigenvalue weighted by Crippen LogP contribution is -2.46. The first kappa shape index (κ1) is 17.7. The minimum absolute atomic E-state index is 0.214. The third kappa shape index (κ3) is 4.31. The van der Waals surface area contributed by atoms with Crippen molar-refractivity contribution in [3.05, 3.63) is 35.4 Å². The van der Waals surface area contributed by atoms with Crippen LogP contribution in [0.4, 0.5) is 4.79 Å². The molecule has 2 amide bonds. The number of carbonyl (C=O) groups excluding carboxylic acids is 1. The van der Waals surface area contributed by atoms with Gasteiger partial charge in [0, 0.05) is 32.7 Å². The summed E-state index contributed by atoms with van der Waals surface area (Å²) in [5, 5.41) is 15.0. The third-order valence-corrected chi connectivity index (χ3v) is 5.52. The lowest BCUT2D eigenvalue weighted by atomic mass is 9.86. The number of carbonyl (C=O) groups is 2. The number of urea groups is 1. The Bertz CT molecular complexity index is 626. The number of benzene rings is 1. The Morgan fingerprint density at radius 3 is 2.56 bits per heavy atom. The molecule has 1 heterocycles. The van der Waals surface area contributed by atoms with Crippen molar-refractivity contribution in [3.8, 4) is 0 Å². The number of aliphatic carboxylic acids is 1. The van der Waals surface area contributed by atoms with Gasteiger partial charge in [-0.05, 0) is 30.4 Å². The average molecular weight is 345 g/mol. The van der Waals surface area contributed by atoms with Crippen molar-refractivity contribution in [2.45, 2.75) is 38.6 Å². The highest BCUT2D eigenvalue weighted by Gasteiger charge is 2.41. The molecule has 1 aromatic rings. The van der Waals surface area contributed by atoms with E-state index in [0.717, 1.165) is 38.9 Å². The van der Waals surface area contributed by atoms with E-state index >= 15 is 0 Å². The molecule has 0 bridgehead atoms. The summed E-state index contributed by atoms with van der Waals surface area (Å²) in [5.41, 5.74) is 2.01. The molecule has 0 atom stereocenters. The van der Waals surface area contributed by atoms with Gasteiger partial charge in [0.25, 0.3) is 0 Å². The molecule has 2 aliphatic rings. The number of amides is 2. The molecule has 0 saturated heterocycles. The van der Waals surface area contributed by atoms with Gasteiger partial charge in [-0.25, -0.2) is 4.79 Å². The monoisotopic (exact) mass is 345 g/mol. The summed E-state index contributed by atoms with van der Waals surface area (Å²) >= 11 is 0. The maximum atomic E-state index is 12.0. The number of fused-ring (bicyclic) bond motifs is 1. The number of rotatable bonds is 6. The van der Waals surface area contributed by atoms with Crippen molar-refractivity contribution in [2.24, 2.45) is 5.41 Å². The van der Waals surface area contributed by atoms with Gasteiger partial charge in [0.05, 0.1) is 5.41 Å².